The van der Waals surface area contributed by atoms with Crippen molar-refractivity contribution >= 4 is 23.1 Å². The zero-order chi connectivity index (χ0) is 18.3. The number of nitrogens with one attached hydrogen (secondary N) is 1. The molecule has 130 valence electrons. The van der Waals surface area contributed by atoms with Crippen LogP contribution in [0.2, 0.25) is 0 Å². The zero-order valence-corrected chi connectivity index (χ0v) is 13.5. The van der Waals surface area contributed by atoms with E-state index in [4.69, 9.17) is 5.73 Å². The molecule has 0 spiro atoms. The summed E-state index contributed by atoms with van der Waals surface area (Å²) in [5.41, 5.74) is 7.81. The van der Waals surface area contributed by atoms with Crippen LogP contribution in [0.1, 0.15) is 10.4 Å². The van der Waals surface area contributed by atoms with Crippen LogP contribution in [-0.2, 0) is 7.05 Å². The molecular formula is C15H12FN9O. The number of halogens is 1. The van der Waals surface area contributed by atoms with Crippen LogP contribution in [0.3, 0.4) is 0 Å². The summed E-state index contributed by atoms with van der Waals surface area (Å²) in [7, 11) is 1.73. The molecule has 10 nitrogen and oxygen atoms in total. The molecule has 0 saturated carbocycles. The Morgan fingerprint density at radius 1 is 1.31 bits per heavy atom. The number of amides is 1. The number of pyridine rings is 1. The van der Waals surface area contributed by atoms with Crippen LogP contribution in [0.4, 0.5) is 15.9 Å². The van der Waals surface area contributed by atoms with Crippen LogP contribution in [0, 0.1) is 5.82 Å². The van der Waals surface area contributed by atoms with Gasteiger partial charge in [-0.05, 0) is 6.07 Å². The van der Waals surface area contributed by atoms with Gasteiger partial charge >= 0.3 is 0 Å². The van der Waals surface area contributed by atoms with Crippen molar-refractivity contribution in [3.8, 4) is 11.3 Å². The minimum atomic E-state index is -0.592. The van der Waals surface area contributed by atoms with Crippen LogP contribution in [0.15, 0.2) is 37.1 Å². The van der Waals surface area contributed by atoms with Gasteiger partial charge in [-0.2, -0.15) is 0 Å². The van der Waals surface area contributed by atoms with Gasteiger partial charge in [-0.25, -0.2) is 18.6 Å². The number of aryl methyl sites for hydroxylation is 1. The molecule has 1 amide bonds. The van der Waals surface area contributed by atoms with Crippen LogP contribution in [-0.4, -0.2) is 40.5 Å². The van der Waals surface area contributed by atoms with Gasteiger partial charge in [-0.15, -0.1) is 10.2 Å². The van der Waals surface area contributed by atoms with E-state index in [0.29, 0.717) is 16.9 Å². The van der Waals surface area contributed by atoms with E-state index >= 15 is 0 Å². The van der Waals surface area contributed by atoms with E-state index in [1.54, 1.807) is 30.2 Å². The molecule has 4 rings (SSSR count). The number of hydrogen-bond acceptors (Lipinski definition) is 7. The standard InChI is InChI=1S/C15H12FN9O/c1-24-11(6-20-23-24)9-2-3-18-5-10(9)21-15(26)12-13(17)22-25-7-8(16)4-19-14(12)25/h2-7H,1H3,(H2,17,22)(H,21,26). The third-order valence-corrected chi connectivity index (χ3v) is 3.75. The number of nitrogens with two attached hydrogens (primary N) is 1. The summed E-state index contributed by atoms with van der Waals surface area (Å²) in [4.78, 5) is 20.7. The minimum Gasteiger partial charge on any atom is -0.381 e. The van der Waals surface area contributed by atoms with Crippen molar-refractivity contribution in [2.75, 3.05) is 11.1 Å². The Morgan fingerprint density at radius 2 is 2.15 bits per heavy atom. The van der Waals surface area contributed by atoms with Gasteiger partial charge in [0.15, 0.2) is 17.3 Å². The molecule has 0 aliphatic carbocycles. The van der Waals surface area contributed by atoms with Gasteiger partial charge in [0.2, 0.25) is 0 Å². The highest BCUT2D eigenvalue weighted by Crippen LogP contribution is 2.27. The van der Waals surface area contributed by atoms with Gasteiger partial charge < -0.3 is 11.1 Å². The number of carbonyl (C=O) groups excluding carboxylic acids is 1. The summed E-state index contributed by atoms with van der Waals surface area (Å²) in [5.74, 6) is -1.19. The van der Waals surface area contributed by atoms with Crippen LogP contribution < -0.4 is 11.1 Å². The highest BCUT2D eigenvalue weighted by Gasteiger charge is 2.21. The summed E-state index contributed by atoms with van der Waals surface area (Å²) in [6, 6.07) is 1.72. The van der Waals surface area contributed by atoms with Gasteiger partial charge in [-0.1, -0.05) is 5.21 Å². The molecule has 4 aromatic rings. The van der Waals surface area contributed by atoms with Crippen molar-refractivity contribution in [1.82, 2.24) is 34.6 Å². The molecule has 4 aromatic heterocycles. The zero-order valence-electron chi connectivity index (χ0n) is 13.5. The third-order valence-electron chi connectivity index (χ3n) is 3.75. The molecule has 11 heteroatoms. The molecular weight excluding hydrogens is 341 g/mol. The van der Waals surface area contributed by atoms with E-state index in [1.165, 1.54) is 6.20 Å². The second kappa shape index (κ2) is 5.88. The fraction of sp³-hybridized carbons (Fsp3) is 0.0667. The van der Waals surface area contributed by atoms with Crippen molar-refractivity contribution in [2.45, 2.75) is 0 Å². The van der Waals surface area contributed by atoms with Crippen molar-refractivity contribution in [3.05, 3.63) is 48.4 Å². The fourth-order valence-corrected chi connectivity index (χ4v) is 2.58. The summed E-state index contributed by atoms with van der Waals surface area (Å²) >= 11 is 0. The molecule has 0 bridgehead atoms. The van der Waals surface area contributed by atoms with E-state index in [2.05, 4.69) is 30.7 Å². The third kappa shape index (κ3) is 2.51. The molecule has 0 saturated heterocycles. The second-order valence-corrected chi connectivity index (χ2v) is 5.42. The van der Waals surface area contributed by atoms with Gasteiger partial charge in [0.25, 0.3) is 5.91 Å². The number of nitrogen functional groups attached to an aromatic ring is 1. The first kappa shape index (κ1) is 15.6. The van der Waals surface area contributed by atoms with Gasteiger partial charge in [-0.3, -0.25) is 9.78 Å². The first-order valence-electron chi connectivity index (χ1n) is 7.44. The first-order chi connectivity index (χ1) is 12.5. The van der Waals surface area contributed by atoms with E-state index in [1.807, 2.05) is 0 Å². The van der Waals surface area contributed by atoms with Crippen LogP contribution >= 0.6 is 0 Å². The minimum absolute atomic E-state index is 0.0444. The van der Waals surface area contributed by atoms with Crippen molar-refractivity contribution in [2.24, 2.45) is 7.05 Å². The van der Waals surface area contributed by atoms with E-state index in [0.717, 1.165) is 16.9 Å². The summed E-state index contributed by atoms with van der Waals surface area (Å²) in [6.07, 6.45) is 6.73. The lowest BCUT2D eigenvalue weighted by Crippen LogP contribution is -2.15. The first-order valence-corrected chi connectivity index (χ1v) is 7.44. The molecule has 3 N–H and O–H groups in total. The summed E-state index contributed by atoms with van der Waals surface area (Å²) in [6.45, 7) is 0. The molecule has 26 heavy (non-hydrogen) atoms. The number of aromatic nitrogens is 7. The highest BCUT2D eigenvalue weighted by molar-refractivity contribution is 6.12. The molecule has 0 aliphatic rings. The van der Waals surface area contributed by atoms with E-state index < -0.39 is 11.7 Å². The number of anilines is 2. The Kier molecular flexibility index (Phi) is 3.53. The summed E-state index contributed by atoms with van der Waals surface area (Å²) in [5, 5.41) is 14.4. The normalized spacial score (nSPS) is 11.0. The largest absolute Gasteiger partial charge is 0.381 e. The summed E-state index contributed by atoms with van der Waals surface area (Å²) < 4.78 is 16.0. The Hall–Kier alpha value is -3.89. The molecule has 0 fully saturated rings. The predicted octanol–water partition coefficient (Wildman–Crippen LogP) is 0.893. The molecule has 0 aromatic carbocycles. The monoisotopic (exact) mass is 353 g/mol. The Balaban J connectivity index is 1.75. The van der Waals surface area contributed by atoms with E-state index in [9.17, 15) is 9.18 Å². The number of nitrogens with zero attached hydrogens (tertiary/aromatic N) is 7. The fourth-order valence-electron chi connectivity index (χ4n) is 2.58. The van der Waals surface area contributed by atoms with Crippen molar-refractivity contribution in [1.29, 1.82) is 0 Å². The quantitative estimate of drug-likeness (QED) is 0.559. The molecule has 0 radical (unpaired) electrons. The number of fused-ring (bicyclic) bond motifs is 1. The molecule has 0 atom stereocenters. The van der Waals surface area contributed by atoms with Gasteiger partial charge in [0, 0.05) is 18.8 Å². The lowest BCUT2D eigenvalue weighted by molar-refractivity contribution is 0.102. The maximum absolute atomic E-state index is 13.3. The average Bonchev–Trinajstić information content (AvgIpc) is 3.17. The molecule has 0 aliphatic heterocycles. The topological polar surface area (TPSA) is 129 Å². The highest BCUT2D eigenvalue weighted by atomic mass is 19.1. The Bertz CT molecular complexity index is 1130. The SMILES string of the molecule is Cn1nncc1-c1ccncc1NC(=O)c1c(N)nn2cc(F)cnc12. The Labute approximate surface area is 145 Å². The predicted molar refractivity (Wildman–Crippen MR) is 89.5 cm³/mol. The average molecular weight is 353 g/mol. The van der Waals surface area contributed by atoms with E-state index in [-0.39, 0.29) is 17.0 Å². The lowest BCUT2D eigenvalue weighted by Gasteiger charge is -2.10. The van der Waals surface area contributed by atoms with Crippen molar-refractivity contribution in [3.63, 3.8) is 0 Å². The smallest absolute Gasteiger partial charge is 0.263 e. The number of rotatable bonds is 3. The number of carbonyl (C=O) groups is 1. The van der Waals surface area contributed by atoms with Crippen LogP contribution in [0.25, 0.3) is 16.9 Å². The maximum atomic E-state index is 13.3. The molecule has 4 heterocycles. The van der Waals surface area contributed by atoms with Crippen LogP contribution in [0.5, 0.6) is 0 Å². The lowest BCUT2D eigenvalue weighted by atomic mass is 10.1. The van der Waals surface area contributed by atoms with Gasteiger partial charge in [0.05, 0.1) is 36.2 Å². The maximum Gasteiger partial charge on any atom is 0.263 e. The Morgan fingerprint density at radius 3 is 2.92 bits per heavy atom. The molecule has 0 unspecified atom stereocenters. The van der Waals surface area contributed by atoms with Crippen molar-refractivity contribution < 1.29 is 9.18 Å². The number of hydrogen-bond donors (Lipinski definition) is 2. The van der Waals surface area contributed by atoms with Gasteiger partial charge in [0.1, 0.15) is 5.56 Å². The second-order valence-electron chi connectivity index (χ2n) is 5.42.